The van der Waals surface area contributed by atoms with E-state index in [2.05, 4.69) is 53.9 Å². The summed E-state index contributed by atoms with van der Waals surface area (Å²) in [5.41, 5.74) is 3.26. The van der Waals surface area contributed by atoms with Crippen molar-refractivity contribution in [3.8, 4) is 0 Å². The van der Waals surface area contributed by atoms with Gasteiger partial charge in [0.25, 0.3) is 5.91 Å². The van der Waals surface area contributed by atoms with Gasteiger partial charge in [0.1, 0.15) is 5.41 Å². The Morgan fingerprint density at radius 1 is 1.03 bits per heavy atom. The SMILES string of the molecule is CC1=NN(c2ccccc2)C(=O)[C@]12Cc1cc(Br)ccc1N1CCN(c3ncccn3)C[C@H]12. The maximum atomic E-state index is 14.2. The molecule has 0 unspecified atom stereocenters. The molecular formula is C25H23BrN6O. The van der Waals surface area contributed by atoms with Gasteiger partial charge in [-0.25, -0.2) is 9.97 Å². The lowest BCUT2D eigenvalue weighted by Crippen LogP contribution is -2.67. The predicted molar refractivity (Wildman–Crippen MR) is 133 cm³/mol. The van der Waals surface area contributed by atoms with Crippen LogP contribution >= 0.6 is 15.9 Å². The first-order valence-electron chi connectivity index (χ1n) is 11.1. The Morgan fingerprint density at radius 3 is 2.61 bits per heavy atom. The minimum Gasteiger partial charge on any atom is -0.363 e. The Bertz CT molecular complexity index is 1250. The highest BCUT2D eigenvalue weighted by Gasteiger charge is 2.60. The van der Waals surface area contributed by atoms with Crippen LogP contribution in [0.5, 0.6) is 0 Å². The van der Waals surface area contributed by atoms with E-state index in [-0.39, 0.29) is 11.9 Å². The zero-order chi connectivity index (χ0) is 22.6. The Morgan fingerprint density at radius 2 is 1.82 bits per heavy atom. The minimum absolute atomic E-state index is 0.0302. The maximum Gasteiger partial charge on any atom is 0.261 e. The molecule has 6 rings (SSSR count). The molecule has 166 valence electrons. The minimum atomic E-state index is -0.753. The number of hydrogen-bond donors (Lipinski definition) is 0. The maximum absolute atomic E-state index is 14.2. The van der Waals surface area contributed by atoms with E-state index < -0.39 is 5.41 Å². The van der Waals surface area contributed by atoms with Crippen LogP contribution in [0.1, 0.15) is 12.5 Å². The van der Waals surface area contributed by atoms with Crippen molar-refractivity contribution >= 4 is 44.9 Å². The Hall–Kier alpha value is -3.26. The molecule has 1 fully saturated rings. The van der Waals surface area contributed by atoms with Gasteiger partial charge in [0.2, 0.25) is 5.95 Å². The summed E-state index contributed by atoms with van der Waals surface area (Å²) >= 11 is 3.63. The summed E-state index contributed by atoms with van der Waals surface area (Å²) < 4.78 is 1.02. The molecule has 0 saturated carbocycles. The van der Waals surface area contributed by atoms with Crippen molar-refractivity contribution < 1.29 is 4.79 Å². The Balaban J connectivity index is 1.47. The summed E-state index contributed by atoms with van der Waals surface area (Å²) in [4.78, 5) is 27.8. The van der Waals surface area contributed by atoms with Crippen LogP contribution in [0.2, 0.25) is 0 Å². The molecule has 33 heavy (non-hydrogen) atoms. The molecule has 1 aromatic heterocycles. The van der Waals surface area contributed by atoms with Gasteiger partial charge in [0.15, 0.2) is 0 Å². The van der Waals surface area contributed by atoms with Gasteiger partial charge in [-0.2, -0.15) is 10.1 Å². The van der Waals surface area contributed by atoms with Gasteiger partial charge in [-0.3, -0.25) is 4.79 Å². The van der Waals surface area contributed by atoms with E-state index >= 15 is 0 Å². The molecule has 1 spiro atoms. The number of rotatable bonds is 2. The fraction of sp³-hybridized carbons (Fsp3) is 0.280. The van der Waals surface area contributed by atoms with Crippen LogP contribution in [0.15, 0.2) is 76.6 Å². The van der Waals surface area contributed by atoms with E-state index in [1.165, 1.54) is 11.3 Å². The third kappa shape index (κ3) is 3.08. The number of hydrazone groups is 1. The summed E-state index contributed by atoms with van der Waals surface area (Å²) in [6, 6.07) is 17.8. The normalized spacial score (nSPS) is 24.1. The number of carbonyl (C=O) groups excluding carboxylic acids is 1. The van der Waals surface area contributed by atoms with Crippen LogP contribution in [0, 0.1) is 5.41 Å². The van der Waals surface area contributed by atoms with Crippen molar-refractivity contribution in [3.63, 3.8) is 0 Å². The highest BCUT2D eigenvalue weighted by molar-refractivity contribution is 9.10. The largest absolute Gasteiger partial charge is 0.363 e. The number of nitrogens with zero attached hydrogens (tertiary/aromatic N) is 6. The quantitative estimate of drug-likeness (QED) is 0.531. The number of halogens is 1. The summed E-state index contributed by atoms with van der Waals surface area (Å²) in [6.45, 7) is 4.23. The number of fused-ring (bicyclic) bond motifs is 4. The van der Waals surface area contributed by atoms with Crippen molar-refractivity contribution in [2.45, 2.75) is 19.4 Å². The molecule has 1 amide bonds. The van der Waals surface area contributed by atoms with Crippen molar-refractivity contribution in [2.24, 2.45) is 10.5 Å². The highest BCUT2D eigenvalue weighted by Crippen LogP contribution is 2.48. The van der Waals surface area contributed by atoms with Crippen LogP contribution < -0.4 is 14.8 Å². The first kappa shape index (κ1) is 20.4. The van der Waals surface area contributed by atoms with Gasteiger partial charge in [0, 0.05) is 42.2 Å². The van der Waals surface area contributed by atoms with Crippen molar-refractivity contribution in [2.75, 3.05) is 34.4 Å². The molecule has 3 aliphatic rings. The van der Waals surface area contributed by atoms with E-state index in [0.717, 1.165) is 29.0 Å². The van der Waals surface area contributed by atoms with Gasteiger partial charge in [-0.15, -0.1) is 0 Å². The second kappa shape index (κ2) is 7.66. The fourth-order valence-electron chi connectivity index (χ4n) is 5.48. The molecule has 3 aromatic rings. The summed E-state index contributed by atoms with van der Waals surface area (Å²) in [7, 11) is 0. The van der Waals surface area contributed by atoms with Crippen LogP contribution in [-0.2, 0) is 11.2 Å². The molecule has 3 aliphatic heterocycles. The van der Waals surface area contributed by atoms with Crippen LogP contribution in [-0.4, -0.2) is 47.3 Å². The van der Waals surface area contributed by atoms with Crippen LogP contribution in [0.4, 0.5) is 17.3 Å². The number of piperazine rings is 1. The lowest BCUT2D eigenvalue weighted by molar-refractivity contribution is -0.125. The molecule has 2 atom stereocenters. The number of amides is 1. The van der Waals surface area contributed by atoms with E-state index in [0.29, 0.717) is 18.9 Å². The van der Waals surface area contributed by atoms with Crippen LogP contribution in [0.3, 0.4) is 0 Å². The van der Waals surface area contributed by atoms with Crippen molar-refractivity contribution in [1.29, 1.82) is 0 Å². The second-order valence-corrected chi connectivity index (χ2v) is 9.68. The van der Waals surface area contributed by atoms with E-state index in [9.17, 15) is 4.79 Å². The third-order valence-corrected chi connectivity index (χ3v) is 7.57. The molecule has 8 heteroatoms. The van der Waals surface area contributed by atoms with E-state index in [1.54, 1.807) is 17.4 Å². The zero-order valence-electron chi connectivity index (χ0n) is 18.2. The van der Waals surface area contributed by atoms with Gasteiger partial charge in [-0.05, 0) is 55.3 Å². The fourth-order valence-corrected chi connectivity index (χ4v) is 5.89. The lowest BCUT2D eigenvalue weighted by Gasteiger charge is -2.53. The standard InChI is InChI=1S/C25H23BrN6O/c1-17-25(23(33)32(29-17)20-6-3-2-4-7-20)15-18-14-19(26)8-9-21(18)31-13-12-30(16-22(25)31)24-27-10-5-11-28-24/h2-11,14,22H,12-13,15-16H2,1H3/t22-,25+/m0/s1. The average Bonchev–Trinajstić information content (AvgIpc) is 3.10. The van der Waals surface area contributed by atoms with Gasteiger partial charge in [0.05, 0.1) is 17.4 Å². The molecule has 2 aromatic carbocycles. The zero-order valence-corrected chi connectivity index (χ0v) is 19.8. The molecule has 0 N–H and O–H groups in total. The number of hydrogen-bond acceptors (Lipinski definition) is 6. The molecule has 4 heterocycles. The molecular weight excluding hydrogens is 480 g/mol. The average molecular weight is 503 g/mol. The summed E-state index contributed by atoms with van der Waals surface area (Å²) in [5, 5.41) is 6.40. The van der Waals surface area contributed by atoms with Crippen molar-refractivity contribution in [1.82, 2.24) is 9.97 Å². The van der Waals surface area contributed by atoms with E-state index in [4.69, 9.17) is 5.10 Å². The van der Waals surface area contributed by atoms with Gasteiger partial charge >= 0.3 is 0 Å². The molecule has 1 saturated heterocycles. The van der Waals surface area contributed by atoms with Gasteiger partial charge in [-0.1, -0.05) is 34.1 Å². The third-order valence-electron chi connectivity index (χ3n) is 7.07. The first-order valence-corrected chi connectivity index (χ1v) is 11.9. The second-order valence-electron chi connectivity index (χ2n) is 8.76. The number of aromatic nitrogens is 2. The van der Waals surface area contributed by atoms with Gasteiger partial charge < -0.3 is 9.80 Å². The van der Waals surface area contributed by atoms with Crippen LogP contribution in [0.25, 0.3) is 0 Å². The lowest BCUT2D eigenvalue weighted by atomic mass is 9.67. The predicted octanol–water partition coefficient (Wildman–Crippen LogP) is 3.90. The molecule has 0 bridgehead atoms. The topological polar surface area (TPSA) is 64.9 Å². The Labute approximate surface area is 200 Å². The number of anilines is 3. The summed E-state index contributed by atoms with van der Waals surface area (Å²) in [5.74, 6) is 0.733. The monoisotopic (exact) mass is 502 g/mol. The molecule has 0 aliphatic carbocycles. The number of para-hydroxylation sites is 1. The summed E-state index contributed by atoms with van der Waals surface area (Å²) in [6.07, 6.45) is 4.15. The molecule has 7 nitrogen and oxygen atoms in total. The molecule has 0 radical (unpaired) electrons. The Kier molecular flexibility index (Phi) is 4.72. The number of carbonyl (C=O) groups is 1. The van der Waals surface area contributed by atoms with E-state index in [1.807, 2.05) is 43.3 Å². The smallest absolute Gasteiger partial charge is 0.261 e. The van der Waals surface area contributed by atoms with Crippen molar-refractivity contribution in [3.05, 3.63) is 77.0 Å². The highest BCUT2D eigenvalue weighted by atomic mass is 79.9. The number of benzene rings is 2. The first-order chi connectivity index (χ1) is 16.1.